The van der Waals surface area contributed by atoms with Crippen LogP contribution in [0.25, 0.3) is 0 Å². The van der Waals surface area contributed by atoms with Crippen LogP contribution in [0.3, 0.4) is 0 Å². The number of thiazole rings is 1. The third kappa shape index (κ3) is 2.54. The highest BCUT2D eigenvalue weighted by molar-refractivity contribution is 7.11. The fourth-order valence-electron chi connectivity index (χ4n) is 0.932. The lowest BCUT2D eigenvalue weighted by atomic mass is 10.1. The topological polar surface area (TPSA) is 117 Å². The molecule has 0 aliphatic carbocycles. The second-order valence-corrected chi connectivity index (χ2v) is 3.65. The maximum atomic E-state index is 10.9. The first-order valence-electron chi connectivity index (χ1n) is 4.10. The molecule has 7 nitrogen and oxygen atoms in total. The van der Waals surface area contributed by atoms with Crippen LogP contribution >= 0.6 is 11.3 Å². The van der Waals surface area contributed by atoms with Gasteiger partial charge in [0.05, 0.1) is 12.8 Å². The van der Waals surface area contributed by atoms with Crippen LogP contribution in [0.5, 0.6) is 0 Å². The summed E-state index contributed by atoms with van der Waals surface area (Å²) in [6.45, 7) is 0. The molecule has 2 atom stereocenters. The van der Waals surface area contributed by atoms with E-state index < -0.39 is 24.1 Å². The minimum absolute atomic E-state index is 0.0831. The number of hydrogen-bond donors (Lipinski definition) is 3. The summed E-state index contributed by atoms with van der Waals surface area (Å²) in [5, 5.41) is 28.4. The van der Waals surface area contributed by atoms with Crippen LogP contribution in [0.2, 0.25) is 0 Å². The number of methoxy groups -OCH3 is 1. The van der Waals surface area contributed by atoms with E-state index >= 15 is 0 Å². The van der Waals surface area contributed by atoms with Gasteiger partial charge in [0.2, 0.25) is 5.01 Å². The van der Waals surface area contributed by atoms with Gasteiger partial charge >= 0.3 is 11.9 Å². The van der Waals surface area contributed by atoms with Gasteiger partial charge in [0.15, 0.2) is 6.10 Å². The minimum Gasteiger partial charge on any atom is -0.476 e. The Labute approximate surface area is 93.9 Å². The van der Waals surface area contributed by atoms with Crippen molar-refractivity contribution >= 4 is 23.3 Å². The Morgan fingerprint density at radius 3 is 2.56 bits per heavy atom. The number of aromatic nitrogens is 1. The number of nitrogens with zero attached hydrogens (tertiary/aromatic N) is 1. The summed E-state index contributed by atoms with van der Waals surface area (Å²) in [4.78, 5) is 25.0. The highest BCUT2D eigenvalue weighted by Crippen LogP contribution is 2.20. The SMILES string of the molecule is COC(=O)C(O)C(O)c1csc(C(=O)O)n1. The van der Waals surface area contributed by atoms with E-state index in [1.807, 2.05) is 0 Å². The van der Waals surface area contributed by atoms with Crippen LogP contribution in [-0.2, 0) is 9.53 Å². The van der Waals surface area contributed by atoms with E-state index in [1.54, 1.807) is 0 Å². The van der Waals surface area contributed by atoms with Crippen LogP contribution in [0.1, 0.15) is 21.6 Å². The van der Waals surface area contributed by atoms with E-state index in [1.165, 1.54) is 5.38 Å². The molecule has 3 N–H and O–H groups in total. The number of carboxylic acids is 1. The highest BCUT2D eigenvalue weighted by Gasteiger charge is 2.28. The van der Waals surface area contributed by atoms with Crippen LogP contribution < -0.4 is 0 Å². The molecular weight excluding hydrogens is 238 g/mol. The molecule has 2 unspecified atom stereocenters. The number of aliphatic hydroxyl groups is 2. The third-order valence-electron chi connectivity index (χ3n) is 1.75. The standard InChI is InChI=1S/C8H9NO6S/c1-15-8(14)5(11)4(10)3-2-16-6(9-3)7(12)13/h2,4-5,10-11H,1H3,(H,12,13). The van der Waals surface area contributed by atoms with Crippen molar-refractivity contribution in [2.75, 3.05) is 7.11 Å². The molecule has 0 saturated heterocycles. The lowest BCUT2D eigenvalue weighted by molar-refractivity contribution is -0.157. The van der Waals surface area contributed by atoms with Crippen LogP contribution in [0.15, 0.2) is 5.38 Å². The second kappa shape index (κ2) is 5.01. The first-order valence-corrected chi connectivity index (χ1v) is 4.98. The van der Waals surface area contributed by atoms with Gasteiger partial charge in [-0.2, -0.15) is 0 Å². The summed E-state index contributed by atoms with van der Waals surface area (Å²) in [5.41, 5.74) is -0.0831. The Kier molecular flexibility index (Phi) is 3.93. The molecule has 0 bridgehead atoms. The Hall–Kier alpha value is -1.51. The number of ether oxygens (including phenoxy) is 1. The number of aliphatic hydroxyl groups excluding tert-OH is 2. The van der Waals surface area contributed by atoms with Gasteiger partial charge in [-0.15, -0.1) is 11.3 Å². The zero-order valence-electron chi connectivity index (χ0n) is 8.15. The molecule has 0 aliphatic heterocycles. The first-order chi connectivity index (χ1) is 7.47. The lowest BCUT2D eigenvalue weighted by Gasteiger charge is -2.12. The monoisotopic (exact) mass is 247 g/mol. The summed E-state index contributed by atoms with van der Waals surface area (Å²) in [7, 11) is 1.06. The Bertz CT molecular complexity index is 403. The van der Waals surface area contributed by atoms with Crippen molar-refractivity contribution in [2.24, 2.45) is 0 Å². The average molecular weight is 247 g/mol. The maximum absolute atomic E-state index is 10.9. The molecule has 1 rings (SSSR count). The Morgan fingerprint density at radius 2 is 2.12 bits per heavy atom. The van der Waals surface area contributed by atoms with Crippen LogP contribution in [-0.4, -0.2) is 45.5 Å². The van der Waals surface area contributed by atoms with E-state index in [4.69, 9.17) is 5.11 Å². The molecule has 0 amide bonds. The number of carbonyl (C=O) groups is 2. The van der Waals surface area contributed by atoms with E-state index in [-0.39, 0.29) is 10.7 Å². The van der Waals surface area contributed by atoms with Gasteiger partial charge in [-0.3, -0.25) is 0 Å². The summed E-state index contributed by atoms with van der Waals surface area (Å²) < 4.78 is 4.22. The van der Waals surface area contributed by atoms with Crippen molar-refractivity contribution in [3.63, 3.8) is 0 Å². The fourth-order valence-corrected chi connectivity index (χ4v) is 1.62. The number of rotatable bonds is 4. The number of hydrogen-bond acceptors (Lipinski definition) is 7. The van der Waals surface area contributed by atoms with Gasteiger partial charge in [0, 0.05) is 5.38 Å². The molecule has 1 heterocycles. The van der Waals surface area contributed by atoms with Crippen molar-refractivity contribution < 1.29 is 29.6 Å². The van der Waals surface area contributed by atoms with Gasteiger partial charge in [0.25, 0.3) is 0 Å². The number of esters is 1. The zero-order chi connectivity index (χ0) is 12.3. The largest absolute Gasteiger partial charge is 0.476 e. The highest BCUT2D eigenvalue weighted by atomic mass is 32.1. The first kappa shape index (κ1) is 12.6. The van der Waals surface area contributed by atoms with Gasteiger partial charge < -0.3 is 20.1 Å². The zero-order valence-corrected chi connectivity index (χ0v) is 8.97. The number of aromatic carboxylic acids is 1. The van der Waals surface area contributed by atoms with Gasteiger partial charge in [-0.05, 0) is 0 Å². The average Bonchev–Trinajstić information content (AvgIpc) is 2.75. The van der Waals surface area contributed by atoms with E-state index in [0.29, 0.717) is 0 Å². The lowest BCUT2D eigenvalue weighted by Crippen LogP contribution is -2.29. The van der Waals surface area contributed by atoms with Crippen LogP contribution in [0.4, 0.5) is 0 Å². The molecule has 88 valence electrons. The molecule has 0 aromatic carbocycles. The number of carboxylic acid groups (broad SMARTS) is 1. The molecule has 0 spiro atoms. The summed E-state index contributed by atoms with van der Waals surface area (Å²) in [6, 6.07) is 0. The Morgan fingerprint density at radius 1 is 1.50 bits per heavy atom. The summed E-state index contributed by atoms with van der Waals surface area (Å²) >= 11 is 0.789. The smallest absolute Gasteiger partial charge is 0.365 e. The Balaban J connectivity index is 2.83. The van der Waals surface area contributed by atoms with Gasteiger partial charge in [0.1, 0.15) is 6.10 Å². The van der Waals surface area contributed by atoms with Crippen molar-refractivity contribution in [2.45, 2.75) is 12.2 Å². The van der Waals surface area contributed by atoms with Crippen molar-refractivity contribution in [1.82, 2.24) is 4.98 Å². The van der Waals surface area contributed by atoms with E-state index in [0.717, 1.165) is 18.4 Å². The predicted octanol–water partition coefficient (Wildman–Crippen LogP) is -0.591. The molecule has 8 heteroatoms. The van der Waals surface area contributed by atoms with Gasteiger partial charge in [-0.25, -0.2) is 14.6 Å². The molecule has 0 saturated carbocycles. The van der Waals surface area contributed by atoms with Crippen LogP contribution in [0, 0.1) is 0 Å². The minimum atomic E-state index is -1.78. The number of carbonyl (C=O) groups excluding carboxylic acids is 1. The maximum Gasteiger partial charge on any atom is 0.365 e. The molecule has 1 aromatic rings. The summed E-state index contributed by atoms with van der Waals surface area (Å²) in [5.74, 6) is -2.26. The van der Waals surface area contributed by atoms with Crippen molar-refractivity contribution in [3.05, 3.63) is 16.1 Å². The van der Waals surface area contributed by atoms with E-state index in [9.17, 15) is 19.8 Å². The molecule has 0 aliphatic rings. The van der Waals surface area contributed by atoms with Gasteiger partial charge in [-0.1, -0.05) is 0 Å². The molecule has 0 fully saturated rings. The summed E-state index contributed by atoms with van der Waals surface area (Å²) in [6.07, 6.45) is -3.38. The molecule has 1 aromatic heterocycles. The molecule has 0 radical (unpaired) electrons. The third-order valence-corrected chi connectivity index (χ3v) is 2.60. The fraction of sp³-hybridized carbons (Fsp3) is 0.375. The quantitative estimate of drug-likeness (QED) is 0.608. The predicted molar refractivity (Wildman–Crippen MR) is 52.1 cm³/mol. The van der Waals surface area contributed by atoms with Crippen molar-refractivity contribution in [3.8, 4) is 0 Å². The second-order valence-electron chi connectivity index (χ2n) is 2.80. The molecular formula is C8H9NO6S. The normalized spacial score (nSPS) is 14.2. The molecule has 16 heavy (non-hydrogen) atoms. The van der Waals surface area contributed by atoms with Crippen molar-refractivity contribution in [1.29, 1.82) is 0 Å². The van der Waals surface area contributed by atoms with E-state index in [2.05, 4.69) is 9.72 Å².